The van der Waals surface area contributed by atoms with Crippen LogP contribution in [-0.2, 0) is 0 Å². The molecule has 4 heteroatoms. The first-order chi connectivity index (χ1) is 10.3. The van der Waals surface area contributed by atoms with Gasteiger partial charge in [0.2, 0.25) is 5.88 Å². The van der Waals surface area contributed by atoms with Crippen molar-refractivity contribution in [3.05, 3.63) is 36.4 Å². The molecule has 0 saturated carbocycles. The highest BCUT2D eigenvalue weighted by Gasteiger charge is 2.07. The van der Waals surface area contributed by atoms with Crippen molar-refractivity contribution in [1.29, 1.82) is 0 Å². The van der Waals surface area contributed by atoms with E-state index in [1.807, 2.05) is 30.3 Å². The molecule has 0 saturated heterocycles. The molecule has 1 heterocycles. The molecule has 21 heavy (non-hydrogen) atoms. The van der Waals surface area contributed by atoms with Crippen LogP contribution in [0.15, 0.2) is 36.4 Å². The lowest BCUT2D eigenvalue weighted by Crippen LogP contribution is -2.06. The Kier molecular flexibility index (Phi) is 5.60. The summed E-state index contributed by atoms with van der Waals surface area (Å²) in [4.78, 5) is 8.97. The van der Waals surface area contributed by atoms with Gasteiger partial charge in [0, 0.05) is 24.6 Å². The summed E-state index contributed by atoms with van der Waals surface area (Å²) in [5.74, 6) is 4.50. The van der Waals surface area contributed by atoms with Crippen molar-refractivity contribution >= 4 is 5.82 Å². The summed E-state index contributed by atoms with van der Waals surface area (Å²) in [6.45, 7) is 3.42. The van der Waals surface area contributed by atoms with Crippen molar-refractivity contribution in [2.24, 2.45) is 0 Å². The van der Waals surface area contributed by atoms with Crippen molar-refractivity contribution < 1.29 is 4.74 Å². The summed E-state index contributed by atoms with van der Waals surface area (Å²) in [5, 5.41) is 3.26. The summed E-state index contributed by atoms with van der Waals surface area (Å²) in [6, 6.07) is 11.6. The molecule has 0 aliphatic heterocycles. The van der Waals surface area contributed by atoms with E-state index in [4.69, 9.17) is 11.2 Å². The molecule has 2 aromatic rings. The molecule has 0 bridgehead atoms. The lowest BCUT2D eigenvalue weighted by atomic mass is 10.2. The van der Waals surface area contributed by atoms with Crippen LogP contribution < -0.4 is 10.1 Å². The summed E-state index contributed by atoms with van der Waals surface area (Å²) in [5.41, 5.74) is 0.958. The van der Waals surface area contributed by atoms with Gasteiger partial charge >= 0.3 is 0 Å². The number of ether oxygens (including phenoxy) is 1. The van der Waals surface area contributed by atoms with Gasteiger partial charge < -0.3 is 10.1 Å². The SMILES string of the molecule is C#CCCOc1cc(NCCC)nc(-c2ccccc2)n1. The number of hydrogen-bond donors (Lipinski definition) is 1. The Hall–Kier alpha value is -2.54. The predicted octanol–water partition coefficient (Wildman–Crippen LogP) is 3.37. The number of rotatable bonds is 7. The molecule has 0 radical (unpaired) electrons. The number of nitrogens with one attached hydrogen (secondary N) is 1. The zero-order valence-electron chi connectivity index (χ0n) is 12.2. The van der Waals surface area contributed by atoms with Crippen LogP contribution in [0.1, 0.15) is 19.8 Å². The van der Waals surface area contributed by atoms with Gasteiger partial charge in [0.25, 0.3) is 0 Å². The Labute approximate surface area is 125 Å². The number of nitrogens with zero attached hydrogens (tertiary/aromatic N) is 2. The third-order valence-corrected chi connectivity index (χ3v) is 2.79. The number of anilines is 1. The molecule has 108 valence electrons. The third-order valence-electron chi connectivity index (χ3n) is 2.79. The Morgan fingerprint density at radius 3 is 2.76 bits per heavy atom. The minimum absolute atomic E-state index is 0.453. The van der Waals surface area contributed by atoms with Gasteiger partial charge in [-0.3, -0.25) is 0 Å². The van der Waals surface area contributed by atoms with E-state index in [2.05, 4.69) is 28.1 Å². The Morgan fingerprint density at radius 1 is 1.24 bits per heavy atom. The molecule has 0 aliphatic carbocycles. The maximum atomic E-state index is 5.60. The first-order valence-corrected chi connectivity index (χ1v) is 7.08. The first kappa shape index (κ1) is 14.9. The standard InChI is InChI=1S/C17H19N3O/c1-3-5-12-21-16-13-15(18-11-4-2)19-17(20-16)14-9-7-6-8-10-14/h1,6-10,13H,4-5,11-12H2,2H3,(H,18,19,20). The zero-order valence-corrected chi connectivity index (χ0v) is 12.2. The van der Waals surface area contributed by atoms with Crippen LogP contribution in [-0.4, -0.2) is 23.1 Å². The lowest BCUT2D eigenvalue weighted by molar-refractivity contribution is 0.314. The molecular formula is C17H19N3O. The maximum Gasteiger partial charge on any atom is 0.219 e. The van der Waals surface area contributed by atoms with Crippen molar-refractivity contribution in [2.45, 2.75) is 19.8 Å². The van der Waals surface area contributed by atoms with Crippen LogP contribution in [0.5, 0.6) is 5.88 Å². The topological polar surface area (TPSA) is 47.0 Å². The average molecular weight is 281 g/mol. The molecule has 0 spiro atoms. The second-order valence-corrected chi connectivity index (χ2v) is 4.51. The van der Waals surface area contributed by atoms with Crippen LogP contribution in [0.4, 0.5) is 5.82 Å². The fraction of sp³-hybridized carbons (Fsp3) is 0.294. The normalized spacial score (nSPS) is 9.90. The molecule has 0 amide bonds. The third kappa shape index (κ3) is 4.50. The monoisotopic (exact) mass is 281 g/mol. The van der Waals surface area contributed by atoms with Gasteiger partial charge in [0.05, 0.1) is 0 Å². The lowest BCUT2D eigenvalue weighted by Gasteiger charge is -2.10. The van der Waals surface area contributed by atoms with E-state index in [-0.39, 0.29) is 0 Å². The number of terminal acetylenes is 1. The van der Waals surface area contributed by atoms with Crippen molar-refractivity contribution in [1.82, 2.24) is 9.97 Å². The molecule has 1 aromatic carbocycles. The van der Waals surface area contributed by atoms with E-state index in [9.17, 15) is 0 Å². The molecule has 4 nitrogen and oxygen atoms in total. The highest BCUT2D eigenvalue weighted by molar-refractivity contribution is 5.58. The number of aromatic nitrogens is 2. The fourth-order valence-corrected chi connectivity index (χ4v) is 1.77. The van der Waals surface area contributed by atoms with E-state index < -0.39 is 0 Å². The van der Waals surface area contributed by atoms with Gasteiger partial charge in [0.1, 0.15) is 12.4 Å². The number of benzene rings is 1. The van der Waals surface area contributed by atoms with Gasteiger partial charge in [0.15, 0.2) is 5.82 Å². The zero-order chi connectivity index (χ0) is 14.9. The van der Waals surface area contributed by atoms with Crippen LogP contribution in [0.3, 0.4) is 0 Å². The number of hydrogen-bond acceptors (Lipinski definition) is 4. The minimum Gasteiger partial charge on any atom is -0.477 e. The van der Waals surface area contributed by atoms with Crippen LogP contribution in [0.2, 0.25) is 0 Å². The largest absolute Gasteiger partial charge is 0.477 e. The maximum absolute atomic E-state index is 5.60. The summed E-state index contributed by atoms with van der Waals surface area (Å²) >= 11 is 0. The van der Waals surface area contributed by atoms with Gasteiger partial charge in [-0.25, -0.2) is 4.98 Å². The van der Waals surface area contributed by atoms with E-state index in [1.54, 1.807) is 6.07 Å². The first-order valence-electron chi connectivity index (χ1n) is 7.08. The van der Waals surface area contributed by atoms with Crippen LogP contribution in [0, 0.1) is 12.3 Å². The van der Waals surface area contributed by atoms with E-state index in [0.29, 0.717) is 24.7 Å². The smallest absolute Gasteiger partial charge is 0.219 e. The van der Waals surface area contributed by atoms with Gasteiger partial charge in [-0.1, -0.05) is 37.3 Å². The molecule has 1 N–H and O–H groups in total. The molecule has 0 unspecified atom stereocenters. The highest BCUT2D eigenvalue weighted by atomic mass is 16.5. The molecule has 1 aromatic heterocycles. The second-order valence-electron chi connectivity index (χ2n) is 4.51. The van der Waals surface area contributed by atoms with Crippen molar-refractivity contribution in [3.8, 4) is 29.6 Å². The Balaban J connectivity index is 2.26. The van der Waals surface area contributed by atoms with Crippen LogP contribution >= 0.6 is 0 Å². The summed E-state index contributed by atoms with van der Waals surface area (Å²) in [6.07, 6.45) is 6.82. The van der Waals surface area contributed by atoms with Crippen LogP contribution in [0.25, 0.3) is 11.4 Å². The van der Waals surface area contributed by atoms with Gasteiger partial charge in [-0.05, 0) is 6.42 Å². The molecule has 0 atom stereocenters. The molecule has 0 aliphatic rings. The minimum atomic E-state index is 0.453. The van der Waals surface area contributed by atoms with E-state index >= 15 is 0 Å². The summed E-state index contributed by atoms with van der Waals surface area (Å²) in [7, 11) is 0. The molecular weight excluding hydrogens is 262 g/mol. The van der Waals surface area contributed by atoms with E-state index in [1.165, 1.54) is 0 Å². The molecule has 2 rings (SSSR count). The fourth-order valence-electron chi connectivity index (χ4n) is 1.77. The average Bonchev–Trinajstić information content (AvgIpc) is 2.54. The van der Waals surface area contributed by atoms with Gasteiger partial charge in [-0.2, -0.15) is 4.98 Å². The Morgan fingerprint density at radius 2 is 2.05 bits per heavy atom. The predicted molar refractivity (Wildman–Crippen MR) is 85.2 cm³/mol. The quantitative estimate of drug-likeness (QED) is 0.624. The van der Waals surface area contributed by atoms with Crippen molar-refractivity contribution in [3.63, 3.8) is 0 Å². The molecule has 0 fully saturated rings. The highest BCUT2D eigenvalue weighted by Crippen LogP contribution is 2.21. The Bertz CT molecular complexity index is 605. The second kappa shape index (κ2) is 7.91. The van der Waals surface area contributed by atoms with E-state index in [0.717, 1.165) is 24.3 Å². The summed E-state index contributed by atoms with van der Waals surface area (Å²) < 4.78 is 5.60. The van der Waals surface area contributed by atoms with Crippen molar-refractivity contribution in [2.75, 3.05) is 18.5 Å². The van der Waals surface area contributed by atoms with Gasteiger partial charge in [-0.15, -0.1) is 12.3 Å².